The number of fused-ring (bicyclic) bond motifs is 2. The molecule has 2 aliphatic rings. The lowest BCUT2D eigenvalue weighted by atomic mass is 9.73. The van der Waals surface area contributed by atoms with E-state index in [0.717, 1.165) is 28.2 Å². The van der Waals surface area contributed by atoms with Crippen molar-refractivity contribution in [3.63, 3.8) is 0 Å². The largest absolute Gasteiger partial charge is 0.465 e. The molecule has 1 aromatic rings. The molecule has 1 aromatic heterocycles. The molecule has 0 radical (unpaired) electrons. The summed E-state index contributed by atoms with van der Waals surface area (Å²) in [6.45, 7) is 7.14. The summed E-state index contributed by atoms with van der Waals surface area (Å²) in [5.74, 6) is 0. The molecule has 4 nitrogen and oxygen atoms in total. The standard InChI is InChI=1S/C16H22FNO3S/c1-15(2,3)11-9-16(5-6-18(11)14(19)20)13-10(4-7-21-16)8-12(17)22-13/h8,11H,4-7,9H2,1-3H3,(H,19,20). The molecule has 0 aliphatic carbocycles. The highest BCUT2D eigenvalue weighted by atomic mass is 32.1. The molecular weight excluding hydrogens is 305 g/mol. The Kier molecular flexibility index (Phi) is 3.72. The van der Waals surface area contributed by atoms with Crippen LogP contribution in [0.4, 0.5) is 9.18 Å². The second kappa shape index (κ2) is 5.20. The minimum atomic E-state index is -0.886. The molecule has 122 valence electrons. The molecule has 1 saturated heterocycles. The van der Waals surface area contributed by atoms with Gasteiger partial charge in [-0.1, -0.05) is 20.8 Å². The van der Waals surface area contributed by atoms with E-state index < -0.39 is 11.7 Å². The number of thiophene rings is 1. The molecule has 2 unspecified atom stereocenters. The van der Waals surface area contributed by atoms with Crippen LogP contribution in [0.1, 0.15) is 44.1 Å². The van der Waals surface area contributed by atoms with Crippen molar-refractivity contribution in [1.82, 2.24) is 4.90 Å². The second-order valence-electron chi connectivity index (χ2n) is 7.31. The lowest BCUT2D eigenvalue weighted by molar-refractivity contribution is -0.120. The van der Waals surface area contributed by atoms with Gasteiger partial charge in [0.05, 0.1) is 6.61 Å². The van der Waals surface area contributed by atoms with Crippen LogP contribution in [0.5, 0.6) is 0 Å². The van der Waals surface area contributed by atoms with Crippen LogP contribution in [0.25, 0.3) is 0 Å². The van der Waals surface area contributed by atoms with Crippen molar-refractivity contribution < 1.29 is 19.0 Å². The average molecular weight is 327 g/mol. The van der Waals surface area contributed by atoms with Gasteiger partial charge in [-0.3, -0.25) is 0 Å². The molecule has 0 bridgehead atoms. The zero-order valence-corrected chi connectivity index (χ0v) is 14.0. The molecule has 6 heteroatoms. The van der Waals surface area contributed by atoms with Crippen molar-refractivity contribution in [1.29, 1.82) is 0 Å². The summed E-state index contributed by atoms with van der Waals surface area (Å²) in [6, 6.07) is 1.47. The van der Waals surface area contributed by atoms with Gasteiger partial charge < -0.3 is 14.7 Å². The Labute approximate surface area is 133 Å². The fourth-order valence-corrected chi connectivity index (χ4v) is 4.83. The molecule has 0 aromatic carbocycles. The van der Waals surface area contributed by atoms with Gasteiger partial charge in [-0.15, -0.1) is 11.3 Å². The summed E-state index contributed by atoms with van der Waals surface area (Å²) >= 11 is 1.16. The quantitative estimate of drug-likeness (QED) is 0.787. The molecule has 1 N–H and O–H groups in total. The molecular formula is C16H22FNO3S. The van der Waals surface area contributed by atoms with E-state index in [1.165, 1.54) is 4.90 Å². The van der Waals surface area contributed by atoms with Gasteiger partial charge in [0.15, 0.2) is 5.13 Å². The fourth-order valence-electron chi connectivity index (χ4n) is 3.71. The third kappa shape index (κ3) is 2.52. The van der Waals surface area contributed by atoms with E-state index >= 15 is 0 Å². The molecule has 22 heavy (non-hydrogen) atoms. The summed E-state index contributed by atoms with van der Waals surface area (Å²) in [5, 5.41) is 9.31. The third-order valence-corrected chi connectivity index (χ3v) is 5.99. The average Bonchev–Trinajstić information content (AvgIpc) is 2.80. The van der Waals surface area contributed by atoms with E-state index in [1.54, 1.807) is 6.07 Å². The minimum absolute atomic E-state index is 0.144. The molecule has 0 saturated carbocycles. The van der Waals surface area contributed by atoms with Crippen LogP contribution in [0.3, 0.4) is 0 Å². The van der Waals surface area contributed by atoms with Crippen LogP contribution >= 0.6 is 11.3 Å². The molecule has 1 amide bonds. The summed E-state index contributed by atoms with van der Waals surface area (Å²) in [7, 11) is 0. The van der Waals surface area contributed by atoms with Crippen LogP contribution in [-0.2, 0) is 16.8 Å². The van der Waals surface area contributed by atoms with Gasteiger partial charge in [0, 0.05) is 23.9 Å². The van der Waals surface area contributed by atoms with E-state index in [2.05, 4.69) is 0 Å². The zero-order valence-electron chi connectivity index (χ0n) is 13.2. The Bertz CT molecular complexity index is 595. The monoisotopic (exact) mass is 327 g/mol. The number of rotatable bonds is 0. The number of nitrogens with zero attached hydrogens (tertiary/aromatic N) is 1. The zero-order chi connectivity index (χ0) is 16.1. The third-order valence-electron chi connectivity index (χ3n) is 4.84. The molecule has 3 rings (SSSR count). The molecule has 3 heterocycles. The highest BCUT2D eigenvalue weighted by Gasteiger charge is 2.50. The number of carbonyl (C=O) groups is 1. The van der Waals surface area contributed by atoms with Crippen LogP contribution in [-0.4, -0.2) is 35.3 Å². The number of likely N-dealkylation sites (tertiary alicyclic amines) is 1. The first-order valence-electron chi connectivity index (χ1n) is 7.65. The summed E-state index contributed by atoms with van der Waals surface area (Å²) < 4.78 is 19.8. The number of ether oxygens (including phenoxy) is 1. The smallest absolute Gasteiger partial charge is 0.407 e. The van der Waals surface area contributed by atoms with Crippen molar-refractivity contribution in [2.45, 2.75) is 51.7 Å². The second-order valence-corrected chi connectivity index (χ2v) is 8.31. The first-order chi connectivity index (χ1) is 10.2. The normalized spacial score (nSPS) is 28.7. The lowest BCUT2D eigenvalue weighted by Gasteiger charge is -2.50. The Morgan fingerprint density at radius 2 is 2.27 bits per heavy atom. The van der Waals surface area contributed by atoms with Crippen molar-refractivity contribution in [2.24, 2.45) is 5.41 Å². The van der Waals surface area contributed by atoms with Gasteiger partial charge in [0.25, 0.3) is 0 Å². The Morgan fingerprint density at radius 3 is 2.91 bits per heavy atom. The van der Waals surface area contributed by atoms with Crippen molar-refractivity contribution >= 4 is 17.4 Å². The predicted molar refractivity (Wildman–Crippen MR) is 82.8 cm³/mol. The topological polar surface area (TPSA) is 49.8 Å². The van der Waals surface area contributed by atoms with Crippen molar-refractivity contribution in [3.05, 3.63) is 21.6 Å². The van der Waals surface area contributed by atoms with Gasteiger partial charge in [-0.05, 0) is 29.9 Å². The summed E-state index contributed by atoms with van der Waals surface area (Å²) in [6.07, 6.45) is 1.04. The van der Waals surface area contributed by atoms with Gasteiger partial charge in [-0.2, -0.15) is 4.39 Å². The van der Waals surface area contributed by atoms with Crippen molar-refractivity contribution in [2.75, 3.05) is 13.2 Å². The van der Waals surface area contributed by atoms with E-state index in [0.29, 0.717) is 26.0 Å². The maximum absolute atomic E-state index is 13.7. The minimum Gasteiger partial charge on any atom is -0.465 e. The fraction of sp³-hybridized carbons (Fsp3) is 0.688. The first-order valence-corrected chi connectivity index (χ1v) is 8.47. The summed E-state index contributed by atoms with van der Waals surface area (Å²) in [4.78, 5) is 14.0. The highest BCUT2D eigenvalue weighted by Crippen LogP contribution is 2.49. The predicted octanol–water partition coefficient (Wildman–Crippen LogP) is 3.84. The Hall–Kier alpha value is -1.14. The molecule has 1 fully saturated rings. The number of carboxylic acid groups (broad SMARTS) is 1. The van der Waals surface area contributed by atoms with E-state index in [4.69, 9.17) is 4.74 Å². The molecule has 2 atom stereocenters. The van der Waals surface area contributed by atoms with Crippen LogP contribution in [0, 0.1) is 10.5 Å². The van der Waals surface area contributed by atoms with E-state index in [1.807, 2.05) is 20.8 Å². The van der Waals surface area contributed by atoms with Crippen LogP contribution in [0.2, 0.25) is 0 Å². The maximum atomic E-state index is 13.7. The van der Waals surface area contributed by atoms with Gasteiger partial charge in [0.1, 0.15) is 5.60 Å². The Morgan fingerprint density at radius 1 is 1.55 bits per heavy atom. The molecule has 2 aliphatic heterocycles. The summed E-state index contributed by atoms with van der Waals surface area (Å²) in [5.41, 5.74) is 0.319. The number of piperidine rings is 1. The Balaban J connectivity index is 1.99. The number of hydrogen-bond donors (Lipinski definition) is 1. The lowest BCUT2D eigenvalue weighted by Crippen LogP contribution is -2.57. The SMILES string of the molecule is CC(C)(C)C1CC2(CCN1C(=O)O)OCCc1cc(F)sc12. The van der Waals surface area contributed by atoms with Crippen LogP contribution in [0.15, 0.2) is 6.07 Å². The number of amides is 1. The van der Waals surface area contributed by atoms with E-state index in [-0.39, 0.29) is 16.6 Å². The van der Waals surface area contributed by atoms with Crippen molar-refractivity contribution in [3.8, 4) is 0 Å². The highest BCUT2D eigenvalue weighted by molar-refractivity contribution is 7.10. The number of halogens is 1. The first kappa shape index (κ1) is 15.7. The molecule has 1 spiro atoms. The van der Waals surface area contributed by atoms with Crippen LogP contribution < -0.4 is 0 Å². The van der Waals surface area contributed by atoms with Gasteiger partial charge in [-0.25, -0.2) is 4.79 Å². The van der Waals surface area contributed by atoms with Gasteiger partial charge in [0.2, 0.25) is 0 Å². The number of hydrogen-bond acceptors (Lipinski definition) is 3. The van der Waals surface area contributed by atoms with E-state index in [9.17, 15) is 14.3 Å². The van der Waals surface area contributed by atoms with Gasteiger partial charge >= 0.3 is 6.09 Å². The maximum Gasteiger partial charge on any atom is 0.407 e.